The molecular weight excluding hydrogens is 859 g/mol. The maximum Gasteiger partial charge on any atom is 0.165 e. The van der Waals surface area contributed by atoms with E-state index in [9.17, 15) is 0 Å². The Balaban J connectivity index is 0.958. The van der Waals surface area contributed by atoms with Crippen LogP contribution in [0.25, 0.3) is 111 Å². The summed E-state index contributed by atoms with van der Waals surface area (Å²) < 4.78 is 0. The average Bonchev–Trinajstić information content (AvgIpc) is 3.75. The fourth-order valence-electron chi connectivity index (χ4n) is 11.7. The van der Waals surface area contributed by atoms with E-state index in [0.717, 1.165) is 43.8 Å². The van der Waals surface area contributed by atoms with Crippen LogP contribution >= 0.6 is 0 Å². The molecule has 3 nitrogen and oxygen atoms in total. The molecule has 0 unspecified atom stereocenters. The zero-order valence-electron chi connectivity index (χ0n) is 38.7. The number of rotatable bonds is 7. The van der Waals surface area contributed by atoms with E-state index >= 15 is 0 Å². The van der Waals surface area contributed by atoms with E-state index < -0.39 is 5.41 Å². The van der Waals surface area contributed by atoms with Crippen LogP contribution in [0.15, 0.2) is 261 Å². The highest BCUT2D eigenvalue weighted by atomic mass is 15.0. The van der Waals surface area contributed by atoms with Crippen molar-refractivity contribution in [2.75, 3.05) is 0 Å². The molecule has 0 saturated heterocycles. The second kappa shape index (κ2) is 16.4. The highest BCUT2D eigenvalue weighted by Gasteiger charge is 2.46. The topological polar surface area (TPSA) is 38.7 Å². The van der Waals surface area contributed by atoms with E-state index in [2.05, 4.69) is 224 Å². The number of hydrogen-bond donors (Lipinski definition) is 0. The monoisotopic (exact) mass is 901 g/mol. The lowest BCUT2D eigenvalue weighted by Crippen LogP contribution is -2.28. The SMILES string of the molecule is c1ccc(-c2nc(-c3ccccc3)nc(-c3c4ccccc4c(-c4ccc(C5(c6ccc(-c7c8ccccc8cc8ccccc78)cc6)c6ccccc6-c6ccccc65)cc4)c4ccccc34)n2)cc1. The summed E-state index contributed by atoms with van der Waals surface area (Å²) in [6, 6.07) is 94.6. The van der Waals surface area contributed by atoms with Crippen LogP contribution < -0.4 is 0 Å². The molecule has 0 spiro atoms. The van der Waals surface area contributed by atoms with E-state index in [-0.39, 0.29) is 0 Å². The van der Waals surface area contributed by atoms with Crippen molar-refractivity contribution < 1.29 is 0 Å². The van der Waals surface area contributed by atoms with Crippen LogP contribution in [0.3, 0.4) is 0 Å². The van der Waals surface area contributed by atoms with Crippen LogP contribution in [0.2, 0.25) is 0 Å². The first-order valence-corrected chi connectivity index (χ1v) is 24.3. The minimum absolute atomic E-state index is 0.565. The van der Waals surface area contributed by atoms with Gasteiger partial charge in [0.05, 0.1) is 5.41 Å². The molecule has 0 bridgehead atoms. The molecule has 1 heterocycles. The number of nitrogens with zero attached hydrogens (tertiary/aromatic N) is 3. The quantitative estimate of drug-likeness (QED) is 0.150. The Hall–Kier alpha value is -9.31. The third-order valence-corrected chi connectivity index (χ3v) is 14.8. The maximum atomic E-state index is 5.26. The number of benzene rings is 12. The van der Waals surface area contributed by atoms with Crippen LogP contribution in [-0.4, -0.2) is 15.0 Å². The summed E-state index contributed by atoms with van der Waals surface area (Å²) in [6.45, 7) is 0. The first-order chi connectivity index (χ1) is 35.2. The summed E-state index contributed by atoms with van der Waals surface area (Å²) >= 11 is 0. The van der Waals surface area contributed by atoms with Gasteiger partial charge in [0.1, 0.15) is 0 Å². The molecule has 0 amide bonds. The molecule has 1 aliphatic rings. The van der Waals surface area contributed by atoms with Crippen molar-refractivity contribution >= 4 is 43.1 Å². The van der Waals surface area contributed by atoms with E-state index in [1.165, 1.54) is 71.6 Å². The fraction of sp³-hybridized carbons (Fsp3) is 0.0147. The van der Waals surface area contributed by atoms with Gasteiger partial charge in [-0.1, -0.05) is 255 Å². The minimum Gasteiger partial charge on any atom is -0.208 e. The number of aromatic nitrogens is 3. The van der Waals surface area contributed by atoms with Crippen molar-refractivity contribution in [2.24, 2.45) is 0 Å². The van der Waals surface area contributed by atoms with Crippen LogP contribution in [-0.2, 0) is 5.41 Å². The molecule has 1 aromatic heterocycles. The Labute approximate surface area is 412 Å². The smallest absolute Gasteiger partial charge is 0.165 e. The second-order valence-electron chi connectivity index (χ2n) is 18.6. The molecule has 0 fully saturated rings. The summed E-state index contributed by atoms with van der Waals surface area (Å²) in [6.07, 6.45) is 0. The average molecular weight is 902 g/mol. The lowest BCUT2D eigenvalue weighted by atomic mass is 9.67. The minimum atomic E-state index is -0.565. The van der Waals surface area contributed by atoms with Crippen molar-refractivity contribution in [3.8, 4) is 67.5 Å². The Morgan fingerprint density at radius 3 is 1.03 bits per heavy atom. The van der Waals surface area contributed by atoms with Crippen molar-refractivity contribution in [1.29, 1.82) is 0 Å². The Morgan fingerprint density at radius 1 is 0.239 bits per heavy atom. The summed E-state index contributed by atoms with van der Waals surface area (Å²) in [5.74, 6) is 1.93. The van der Waals surface area contributed by atoms with Crippen molar-refractivity contribution in [3.63, 3.8) is 0 Å². The van der Waals surface area contributed by atoms with Crippen molar-refractivity contribution in [2.45, 2.75) is 5.41 Å². The van der Waals surface area contributed by atoms with Crippen molar-refractivity contribution in [1.82, 2.24) is 15.0 Å². The van der Waals surface area contributed by atoms with Crippen LogP contribution in [0, 0.1) is 0 Å². The summed E-state index contributed by atoms with van der Waals surface area (Å²) in [5.41, 5.74) is 14.7. The predicted molar refractivity (Wildman–Crippen MR) is 294 cm³/mol. The summed E-state index contributed by atoms with van der Waals surface area (Å²) in [5, 5.41) is 9.46. The molecule has 0 atom stereocenters. The van der Waals surface area contributed by atoms with E-state index in [1.54, 1.807) is 0 Å². The summed E-state index contributed by atoms with van der Waals surface area (Å²) in [4.78, 5) is 15.6. The molecule has 14 rings (SSSR count). The molecule has 0 aliphatic heterocycles. The van der Waals surface area contributed by atoms with Crippen LogP contribution in [0.1, 0.15) is 22.3 Å². The van der Waals surface area contributed by atoms with Gasteiger partial charge >= 0.3 is 0 Å². The van der Waals surface area contributed by atoms with Gasteiger partial charge in [-0.05, 0) is 105 Å². The van der Waals surface area contributed by atoms with Crippen LogP contribution in [0.5, 0.6) is 0 Å². The normalized spacial score (nSPS) is 12.6. The predicted octanol–water partition coefficient (Wildman–Crippen LogP) is 17.2. The van der Waals surface area contributed by atoms with Gasteiger partial charge < -0.3 is 0 Å². The van der Waals surface area contributed by atoms with Gasteiger partial charge in [-0.25, -0.2) is 15.0 Å². The molecule has 13 aromatic rings. The van der Waals surface area contributed by atoms with Crippen molar-refractivity contribution in [3.05, 3.63) is 283 Å². The highest BCUT2D eigenvalue weighted by molar-refractivity contribution is 6.21. The van der Waals surface area contributed by atoms with Gasteiger partial charge in [0.25, 0.3) is 0 Å². The van der Waals surface area contributed by atoms with E-state index in [0.29, 0.717) is 17.5 Å². The zero-order valence-corrected chi connectivity index (χ0v) is 38.7. The third kappa shape index (κ3) is 6.40. The molecular formula is C68H43N3. The zero-order chi connectivity index (χ0) is 46.9. The van der Waals surface area contributed by atoms with E-state index in [4.69, 9.17) is 15.0 Å². The van der Waals surface area contributed by atoms with Gasteiger partial charge in [0.2, 0.25) is 0 Å². The van der Waals surface area contributed by atoms with Gasteiger partial charge in [-0.15, -0.1) is 0 Å². The lowest BCUT2D eigenvalue weighted by molar-refractivity contribution is 0.769. The fourth-order valence-corrected chi connectivity index (χ4v) is 11.7. The Morgan fingerprint density at radius 2 is 0.577 bits per heavy atom. The Bertz CT molecular complexity index is 3990. The molecule has 71 heavy (non-hydrogen) atoms. The number of hydrogen-bond acceptors (Lipinski definition) is 3. The summed E-state index contributed by atoms with van der Waals surface area (Å²) in [7, 11) is 0. The molecule has 0 radical (unpaired) electrons. The van der Waals surface area contributed by atoms with Crippen LogP contribution in [0.4, 0.5) is 0 Å². The van der Waals surface area contributed by atoms with Gasteiger partial charge in [-0.2, -0.15) is 0 Å². The highest BCUT2D eigenvalue weighted by Crippen LogP contribution is 2.57. The maximum absolute atomic E-state index is 5.26. The molecule has 0 saturated carbocycles. The second-order valence-corrected chi connectivity index (χ2v) is 18.6. The molecule has 330 valence electrons. The van der Waals surface area contributed by atoms with Gasteiger partial charge in [-0.3, -0.25) is 0 Å². The first kappa shape index (κ1) is 40.7. The molecule has 1 aliphatic carbocycles. The standard InChI is InChI=1S/C68H43N3/c1-3-19-46(20-4-1)65-69-66(47-21-5-2-6-22-47)71-67(70-65)64-58-31-13-11-29-56(58)63(57-30-12-14-32-59(57)64)45-37-41-51(42-38-45)68(60-33-17-15-27-54(60)55-28-16-18-34-61(55)68)50-39-35-44(36-40-50)62-52-25-9-7-23-48(52)43-49-24-8-10-26-53(49)62/h1-43H. The first-order valence-electron chi connectivity index (χ1n) is 24.3. The molecule has 12 aromatic carbocycles. The van der Waals surface area contributed by atoms with E-state index in [1.807, 2.05) is 36.4 Å². The molecule has 3 heteroatoms. The lowest BCUT2D eigenvalue weighted by Gasteiger charge is -2.34. The largest absolute Gasteiger partial charge is 0.208 e. The van der Waals surface area contributed by atoms with Gasteiger partial charge in [0, 0.05) is 16.7 Å². The number of fused-ring (bicyclic) bond motifs is 7. The molecule has 0 N–H and O–H groups in total. The Kier molecular flexibility index (Phi) is 9.43. The third-order valence-electron chi connectivity index (χ3n) is 14.8. The van der Waals surface area contributed by atoms with Gasteiger partial charge in [0.15, 0.2) is 17.5 Å².